The molecule has 0 spiro atoms. The summed E-state index contributed by atoms with van der Waals surface area (Å²) in [4.78, 5) is 61.3. The number of hydrogen-bond acceptors (Lipinski definition) is 10. The Kier molecular flexibility index (Phi) is 13.3. The quantitative estimate of drug-likeness (QED) is 0.0414. The summed E-state index contributed by atoms with van der Waals surface area (Å²) in [6.45, 7) is 20.2. The van der Waals surface area contributed by atoms with E-state index in [9.17, 15) is 24.0 Å². The maximum atomic E-state index is 12.8. The molecule has 0 fully saturated rings. The van der Waals surface area contributed by atoms with Crippen molar-refractivity contribution in [2.75, 3.05) is 0 Å². The largest absolute Gasteiger partial charge is 0.522 e. The third kappa shape index (κ3) is 11.7. The van der Waals surface area contributed by atoms with E-state index < -0.39 is 30.0 Å². The lowest BCUT2D eigenvalue weighted by atomic mass is 10.0. The zero-order valence-corrected chi connectivity index (χ0v) is 30.5. The highest BCUT2D eigenvalue weighted by atomic mass is 16.7. The molecule has 0 heterocycles. The molecule has 0 bridgehead atoms. The minimum absolute atomic E-state index is 0.0289. The Morgan fingerprint density at radius 3 is 1.22 bits per heavy atom. The van der Waals surface area contributed by atoms with Crippen molar-refractivity contribution in [3.05, 3.63) is 156 Å². The van der Waals surface area contributed by atoms with Crippen molar-refractivity contribution in [3.63, 3.8) is 0 Å². The van der Waals surface area contributed by atoms with Crippen LogP contribution in [0.15, 0.2) is 134 Å². The molecule has 274 valence electrons. The van der Waals surface area contributed by atoms with Gasteiger partial charge in [0.25, 0.3) is 0 Å². The molecule has 0 aliphatic rings. The SMILES string of the molecule is C=C(C)C(=O)OC(=O)Oc1cc(-c2ccc(C#Cc3ccc(OC(=O)C(=C)C)cc3)cc2)cc(OC(=O)C(=C)C)c1C#Cc1ccc(OC(=O)C(=C)C)cc1. The molecule has 0 saturated carbocycles. The van der Waals surface area contributed by atoms with Gasteiger partial charge in [-0.1, -0.05) is 62.1 Å². The topological polar surface area (TPSA) is 132 Å². The standard InChI is InChI=1S/C45H34O10/c1-27(2)41(46)51-36-20-13-32(14-21-36)10-9-31-11-18-34(19-12-31)35-25-39(53-43(48)29(5)6)38(40(26-35)54-45(50)55-44(49)30(7)8)24-17-33-15-22-37(23-16-33)52-42(47)28(3)4/h11-16,18-23,25-26H,1,3,5,7H2,2,4,6,8H3. The van der Waals surface area contributed by atoms with Crippen LogP contribution in [0.3, 0.4) is 0 Å². The van der Waals surface area contributed by atoms with E-state index in [4.69, 9.17) is 23.7 Å². The zero-order chi connectivity index (χ0) is 40.2. The summed E-state index contributed by atoms with van der Waals surface area (Å²) >= 11 is 0. The normalized spacial score (nSPS) is 9.82. The first-order chi connectivity index (χ1) is 26.1. The molecule has 0 aliphatic heterocycles. The Morgan fingerprint density at radius 1 is 0.436 bits per heavy atom. The molecule has 10 nitrogen and oxygen atoms in total. The van der Waals surface area contributed by atoms with Gasteiger partial charge in [0, 0.05) is 39.0 Å². The Labute approximate surface area is 318 Å². The summed E-state index contributed by atoms with van der Waals surface area (Å²) in [5.74, 6) is 9.38. The number of carbonyl (C=O) groups is 5. The summed E-state index contributed by atoms with van der Waals surface area (Å²) in [7, 11) is 0. The predicted molar refractivity (Wildman–Crippen MR) is 205 cm³/mol. The molecule has 0 atom stereocenters. The van der Waals surface area contributed by atoms with Crippen molar-refractivity contribution in [3.8, 4) is 57.8 Å². The van der Waals surface area contributed by atoms with Crippen LogP contribution in [0.2, 0.25) is 0 Å². The summed E-state index contributed by atoms with van der Waals surface area (Å²) < 4.78 is 26.3. The first-order valence-corrected chi connectivity index (χ1v) is 16.3. The second kappa shape index (κ2) is 18.2. The van der Waals surface area contributed by atoms with Crippen LogP contribution in [0.1, 0.15) is 49.9 Å². The van der Waals surface area contributed by atoms with Crippen molar-refractivity contribution < 1.29 is 47.7 Å². The first-order valence-electron chi connectivity index (χ1n) is 16.3. The monoisotopic (exact) mass is 734 g/mol. The number of ether oxygens (including phenoxy) is 5. The maximum Gasteiger partial charge on any atom is 0.522 e. The van der Waals surface area contributed by atoms with Gasteiger partial charge < -0.3 is 23.7 Å². The van der Waals surface area contributed by atoms with Crippen molar-refractivity contribution >= 4 is 30.0 Å². The van der Waals surface area contributed by atoms with Crippen LogP contribution in [0.5, 0.6) is 23.0 Å². The van der Waals surface area contributed by atoms with Gasteiger partial charge in [-0.25, -0.2) is 24.0 Å². The molecular formula is C45H34O10. The van der Waals surface area contributed by atoms with Gasteiger partial charge in [0.1, 0.15) is 17.1 Å². The fourth-order valence-electron chi connectivity index (χ4n) is 4.13. The fraction of sp³-hybridized carbons (Fsp3) is 0.0889. The van der Waals surface area contributed by atoms with E-state index in [1.54, 1.807) is 67.6 Å². The van der Waals surface area contributed by atoms with Gasteiger partial charge in [0.05, 0.1) is 0 Å². The predicted octanol–water partition coefficient (Wildman–Crippen LogP) is 8.22. The highest BCUT2D eigenvalue weighted by Gasteiger charge is 2.21. The molecule has 4 aromatic rings. The van der Waals surface area contributed by atoms with Gasteiger partial charge in [0.2, 0.25) is 0 Å². The van der Waals surface area contributed by atoms with Crippen LogP contribution in [0.4, 0.5) is 4.79 Å². The summed E-state index contributed by atoms with van der Waals surface area (Å²) in [5.41, 5.74) is 3.38. The molecule has 4 rings (SSSR count). The maximum absolute atomic E-state index is 12.8. The van der Waals surface area contributed by atoms with Crippen LogP contribution in [-0.2, 0) is 23.9 Å². The second-order valence-corrected chi connectivity index (χ2v) is 12.0. The van der Waals surface area contributed by atoms with Crippen LogP contribution < -0.4 is 18.9 Å². The number of esters is 4. The van der Waals surface area contributed by atoms with E-state index in [1.165, 1.54) is 45.0 Å². The number of rotatable bonds is 9. The van der Waals surface area contributed by atoms with Crippen LogP contribution in [0, 0.1) is 23.7 Å². The summed E-state index contributed by atoms with van der Waals surface area (Å²) in [6, 6.07) is 23.0. The molecule has 0 aromatic heterocycles. The molecule has 0 saturated heterocycles. The lowest BCUT2D eigenvalue weighted by Gasteiger charge is -2.14. The molecule has 55 heavy (non-hydrogen) atoms. The Bertz CT molecular complexity index is 2370. The van der Waals surface area contributed by atoms with Gasteiger partial charge in [0.15, 0.2) is 11.5 Å². The van der Waals surface area contributed by atoms with Gasteiger partial charge >= 0.3 is 30.0 Å². The van der Waals surface area contributed by atoms with Crippen molar-refractivity contribution in [1.82, 2.24) is 0 Å². The summed E-state index contributed by atoms with van der Waals surface area (Å²) in [5, 5.41) is 0. The minimum Gasteiger partial charge on any atom is -0.423 e. The zero-order valence-electron chi connectivity index (χ0n) is 30.5. The van der Waals surface area contributed by atoms with E-state index >= 15 is 0 Å². The van der Waals surface area contributed by atoms with Gasteiger partial charge in [-0.2, -0.15) is 0 Å². The third-order valence-corrected chi connectivity index (χ3v) is 7.06. The Hall–Kier alpha value is -7.69. The molecule has 0 aliphatic carbocycles. The average molecular weight is 735 g/mol. The van der Waals surface area contributed by atoms with Gasteiger partial charge in [-0.3, -0.25) is 0 Å². The van der Waals surface area contributed by atoms with Crippen LogP contribution >= 0.6 is 0 Å². The molecule has 10 heteroatoms. The van der Waals surface area contributed by atoms with Crippen molar-refractivity contribution in [1.29, 1.82) is 0 Å². The van der Waals surface area contributed by atoms with E-state index in [2.05, 4.69) is 50.0 Å². The number of carbonyl (C=O) groups excluding carboxylic acids is 5. The Balaban J connectivity index is 1.72. The molecular weight excluding hydrogens is 700 g/mol. The highest BCUT2D eigenvalue weighted by molar-refractivity contribution is 5.94. The third-order valence-electron chi connectivity index (χ3n) is 7.06. The average Bonchev–Trinajstić information content (AvgIpc) is 3.14. The van der Waals surface area contributed by atoms with Crippen LogP contribution in [-0.4, -0.2) is 30.0 Å². The molecule has 0 N–H and O–H groups in total. The van der Waals surface area contributed by atoms with Crippen LogP contribution in [0.25, 0.3) is 11.1 Å². The minimum atomic E-state index is -1.37. The molecule has 4 aromatic carbocycles. The Morgan fingerprint density at radius 2 is 0.800 bits per heavy atom. The molecule has 0 unspecified atom stereocenters. The molecule has 0 radical (unpaired) electrons. The van der Waals surface area contributed by atoms with Gasteiger partial charge in [-0.05, 0) is 112 Å². The lowest BCUT2D eigenvalue weighted by molar-refractivity contribution is -0.134. The van der Waals surface area contributed by atoms with Crippen molar-refractivity contribution in [2.24, 2.45) is 0 Å². The van der Waals surface area contributed by atoms with E-state index in [1.807, 2.05) is 0 Å². The van der Waals surface area contributed by atoms with E-state index in [-0.39, 0.29) is 45.1 Å². The van der Waals surface area contributed by atoms with Gasteiger partial charge in [-0.15, -0.1) is 0 Å². The molecule has 0 amide bonds. The number of hydrogen-bond donors (Lipinski definition) is 0. The van der Waals surface area contributed by atoms with E-state index in [0.717, 1.165) is 0 Å². The lowest BCUT2D eigenvalue weighted by Crippen LogP contribution is -2.17. The fourth-order valence-corrected chi connectivity index (χ4v) is 4.13. The second-order valence-electron chi connectivity index (χ2n) is 12.0. The van der Waals surface area contributed by atoms with E-state index in [0.29, 0.717) is 33.6 Å². The smallest absolute Gasteiger partial charge is 0.423 e. The number of benzene rings is 4. The summed E-state index contributed by atoms with van der Waals surface area (Å²) in [6.07, 6.45) is -1.37. The highest BCUT2D eigenvalue weighted by Crippen LogP contribution is 2.36. The first kappa shape index (κ1) is 40.1. The van der Waals surface area contributed by atoms with Crippen molar-refractivity contribution in [2.45, 2.75) is 27.7 Å².